The third kappa shape index (κ3) is 23.8. The first-order chi connectivity index (χ1) is 16.6. The maximum Gasteiger partial charge on any atom is 0.306 e. The van der Waals surface area contributed by atoms with Gasteiger partial charge in [0.05, 0.1) is 6.61 Å². The summed E-state index contributed by atoms with van der Waals surface area (Å²) in [4.78, 5) is 23.7. The molecule has 1 unspecified atom stereocenters. The minimum atomic E-state index is -0.763. The standard InChI is InChI=1S/C29H54O5/c1-3-5-7-9-10-11-12-13-14-15-16-17-18-20-21-23-28(31)33-26-27(25-30)34-29(32)24-22-19-8-6-4-2/h13-14,27,30H,3-12,15-26H2,1-2H3/b14-13-. The summed E-state index contributed by atoms with van der Waals surface area (Å²) >= 11 is 0. The second-order valence-electron chi connectivity index (χ2n) is 9.48. The van der Waals surface area contributed by atoms with Gasteiger partial charge in [0, 0.05) is 12.8 Å². The molecule has 5 heteroatoms. The predicted molar refractivity (Wildman–Crippen MR) is 141 cm³/mol. The Balaban J connectivity index is 3.56. The number of carbonyl (C=O) groups is 2. The van der Waals surface area contributed by atoms with E-state index in [0.717, 1.165) is 44.9 Å². The summed E-state index contributed by atoms with van der Waals surface area (Å²) < 4.78 is 10.4. The Hall–Kier alpha value is -1.36. The van der Waals surface area contributed by atoms with Gasteiger partial charge in [-0.1, -0.05) is 103 Å². The number of aliphatic hydroxyl groups excluding tert-OH is 1. The summed E-state index contributed by atoms with van der Waals surface area (Å²) in [5.74, 6) is -0.615. The summed E-state index contributed by atoms with van der Waals surface area (Å²) in [7, 11) is 0. The lowest BCUT2D eigenvalue weighted by atomic mass is 10.1. The van der Waals surface area contributed by atoms with Crippen molar-refractivity contribution in [2.75, 3.05) is 13.2 Å². The van der Waals surface area contributed by atoms with E-state index in [4.69, 9.17) is 9.47 Å². The molecule has 0 bridgehead atoms. The third-order valence-corrected chi connectivity index (χ3v) is 6.06. The number of hydrogen-bond donors (Lipinski definition) is 1. The molecule has 1 N–H and O–H groups in total. The van der Waals surface area contributed by atoms with Crippen LogP contribution >= 0.6 is 0 Å². The van der Waals surface area contributed by atoms with E-state index in [1.54, 1.807) is 0 Å². The fraction of sp³-hybridized carbons (Fsp3) is 0.862. The Bertz CT molecular complexity index is 489. The average Bonchev–Trinajstić information content (AvgIpc) is 2.84. The number of rotatable bonds is 25. The Morgan fingerprint density at radius 1 is 0.647 bits per heavy atom. The second kappa shape index (κ2) is 26.2. The van der Waals surface area contributed by atoms with E-state index in [0.29, 0.717) is 12.8 Å². The molecule has 34 heavy (non-hydrogen) atoms. The minimum Gasteiger partial charge on any atom is -0.462 e. The Kier molecular flexibility index (Phi) is 25.2. The van der Waals surface area contributed by atoms with Gasteiger partial charge >= 0.3 is 11.9 Å². The zero-order valence-corrected chi connectivity index (χ0v) is 22.4. The predicted octanol–water partition coefficient (Wildman–Crippen LogP) is 7.83. The van der Waals surface area contributed by atoms with E-state index in [-0.39, 0.29) is 25.2 Å². The molecule has 0 aromatic rings. The number of ether oxygens (including phenoxy) is 2. The molecule has 0 heterocycles. The van der Waals surface area contributed by atoms with Crippen molar-refractivity contribution >= 4 is 11.9 Å². The number of allylic oxidation sites excluding steroid dienone is 2. The first kappa shape index (κ1) is 32.6. The second-order valence-corrected chi connectivity index (χ2v) is 9.48. The van der Waals surface area contributed by atoms with Crippen molar-refractivity contribution in [3.63, 3.8) is 0 Å². The van der Waals surface area contributed by atoms with Crippen molar-refractivity contribution in [2.45, 2.75) is 148 Å². The molecule has 0 saturated heterocycles. The molecule has 0 aromatic heterocycles. The fourth-order valence-corrected chi connectivity index (χ4v) is 3.84. The minimum absolute atomic E-state index is 0.0675. The van der Waals surface area contributed by atoms with Crippen LogP contribution in [0.15, 0.2) is 12.2 Å². The molecule has 0 aliphatic heterocycles. The quantitative estimate of drug-likeness (QED) is 0.0815. The highest BCUT2D eigenvalue weighted by atomic mass is 16.6. The van der Waals surface area contributed by atoms with Crippen LogP contribution in [0.2, 0.25) is 0 Å². The molecule has 200 valence electrons. The van der Waals surface area contributed by atoms with E-state index < -0.39 is 6.10 Å². The van der Waals surface area contributed by atoms with Gasteiger partial charge < -0.3 is 14.6 Å². The maximum absolute atomic E-state index is 11.9. The van der Waals surface area contributed by atoms with Gasteiger partial charge in [-0.15, -0.1) is 0 Å². The van der Waals surface area contributed by atoms with Gasteiger partial charge in [-0.2, -0.15) is 0 Å². The van der Waals surface area contributed by atoms with E-state index in [1.165, 1.54) is 70.6 Å². The normalized spacial score (nSPS) is 12.2. The van der Waals surface area contributed by atoms with Crippen LogP contribution in [0.3, 0.4) is 0 Å². The van der Waals surface area contributed by atoms with Crippen LogP contribution in [0.5, 0.6) is 0 Å². The van der Waals surface area contributed by atoms with Gasteiger partial charge in [-0.25, -0.2) is 0 Å². The van der Waals surface area contributed by atoms with Gasteiger partial charge in [-0.3, -0.25) is 9.59 Å². The molecule has 0 rings (SSSR count). The highest BCUT2D eigenvalue weighted by molar-refractivity contribution is 5.70. The molecule has 0 aromatic carbocycles. The third-order valence-electron chi connectivity index (χ3n) is 6.06. The summed E-state index contributed by atoms with van der Waals surface area (Å²) in [6.07, 6.45) is 25.8. The lowest BCUT2D eigenvalue weighted by Crippen LogP contribution is -2.28. The molecule has 0 aliphatic carbocycles. The molecular formula is C29H54O5. The van der Waals surface area contributed by atoms with E-state index >= 15 is 0 Å². The summed E-state index contributed by atoms with van der Waals surface area (Å²) in [6, 6.07) is 0. The monoisotopic (exact) mass is 482 g/mol. The SMILES string of the molecule is CCCCCCCC/C=C\CCCCCCCC(=O)OCC(CO)OC(=O)CCCCCCC. The fourth-order valence-electron chi connectivity index (χ4n) is 3.84. The molecule has 1 atom stereocenters. The van der Waals surface area contributed by atoms with Crippen LogP contribution in [-0.4, -0.2) is 36.4 Å². The molecule has 0 amide bonds. The van der Waals surface area contributed by atoms with E-state index in [9.17, 15) is 14.7 Å². The van der Waals surface area contributed by atoms with Crippen molar-refractivity contribution < 1.29 is 24.2 Å². The van der Waals surface area contributed by atoms with Crippen LogP contribution in [0.25, 0.3) is 0 Å². The average molecular weight is 483 g/mol. The summed E-state index contributed by atoms with van der Waals surface area (Å²) in [5, 5.41) is 9.37. The number of unbranched alkanes of at least 4 members (excludes halogenated alkanes) is 15. The highest BCUT2D eigenvalue weighted by Gasteiger charge is 2.16. The van der Waals surface area contributed by atoms with Crippen molar-refractivity contribution in [1.82, 2.24) is 0 Å². The topological polar surface area (TPSA) is 72.8 Å². The molecule has 0 saturated carbocycles. The van der Waals surface area contributed by atoms with Gasteiger partial charge in [0.2, 0.25) is 0 Å². The maximum atomic E-state index is 11.9. The van der Waals surface area contributed by atoms with Crippen LogP contribution in [0.4, 0.5) is 0 Å². The van der Waals surface area contributed by atoms with Crippen molar-refractivity contribution in [3.05, 3.63) is 12.2 Å². The summed E-state index contributed by atoms with van der Waals surface area (Å²) in [5.41, 5.74) is 0. The van der Waals surface area contributed by atoms with Crippen molar-refractivity contribution in [3.8, 4) is 0 Å². The molecule has 0 aliphatic rings. The smallest absolute Gasteiger partial charge is 0.306 e. The number of aliphatic hydroxyl groups is 1. The first-order valence-corrected chi connectivity index (χ1v) is 14.2. The van der Waals surface area contributed by atoms with Crippen molar-refractivity contribution in [2.24, 2.45) is 0 Å². The van der Waals surface area contributed by atoms with Gasteiger partial charge in [0.25, 0.3) is 0 Å². The number of carbonyl (C=O) groups excluding carboxylic acids is 2. The molecular weight excluding hydrogens is 428 g/mol. The van der Waals surface area contributed by atoms with Crippen LogP contribution in [-0.2, 0) is 19.1 Å². The Morgan fingerprint density at radius 3 is 1.59 bits per heavy atom. The molecule has 0 radical (unpaired) electrons. The van der Waals surface area contributed by atoms with E-state index in [2.05, 4.69) is 26.0 Å². The first-order valence-electron chi connectivity index (χ1n) is 14.2. The zero-order chi connectivity index (χ0) is 25.1. The Labute approximate surface area is 210 Å². The van der Waals surface area contributed by atoms with Crippen LogP contribution in [0.1, 0.15) is 142 Å². The van der Waals surface area contributed by atoms with Crippen LogP contribution < -0.4 is 0 Å². The number of esters is 2. The number of hydrogen-bond acceptors (Lipinski definition) is 5. The molecule has 5 nitrogen and oxygen atoms in total. The van der Waals surface area contributed by atoms with E-state index in [1.807, 2.05) is 0 Å². The Morgan fingerprint density at radius 2 is 1.09 bits per heavy atom. The largest absolute Gasteiger partial charge is 0.462 e. The van der Waals surface area contributed by atoms with Crippen molar-refractivity contribution in [1.29, 1.82) is 0 Å². The molecule has 0 fully saturated rings. The van der Waals surface area contributed by atoms with Gasteiger partial charge in [0.15, 0.2) is 6.10 Å². The van der Waals surface area contributed by atoms with Gasteiger partial charge in [-0.05, 0) is 38.5 Å². The van der Waals surface area contributed by atoms with Crippen LogP contribution in [0, 0.1) is 0 Å². The van der Waals surface area contributed by atoms with Gasteiger partial charge in [0.1, 0.15) is 6.61 Å². The summed E-state index contributed by atoms with van der Waals surface area (Å²) in [6.45, 7) is 4.01. The molecule has 0 spiro atoms. The highest BCUT2D eigenvalue weighted by Crippen LogP contribution is 2.11. The zero-order valence-electron chi connectivity index (χ0n) is 22.4. The lowest BCUT2D eigenvalue weighted by Gasteiger charge is -2.15. The lowest BCUT2D eigenvalue weighted by molar-refractivity contribution is -0.161.